The van der Waals surface area contributed by atoms with Gasteiger partial charge in [-0.1, -0.05) is 30.3 Å². The highest BCUT2D eigenvalue weighted by Crippen LogP contribution is 2.30. The lowest BCUT2D eigenvalue weighted by atomic mass is 9.95. The third-order valence-electron chi connectivity index (χ3n) is 2.99. The molecule has 0 amide bonds. The van der Waals surface area contributed by atoms with Gasteiger partial charge in [-0.3, -0.25) is 9.59 Å². The number of carbonyl (C=O) groups is 2. The van der Waals surface area contributed by atoms with Gasteiger partial charge in [-0.05, 0) is 12.0 Å². The largest absolute Gasteiger partial charge is 0.313 e. The number of benzene rings is 1. The van der Waals surface area contributed by atoms with Crippen LogP contribution in [-0.2, 0) is 9.59 Å². The summed E-state index contributed by atoms with van der Waals surface area (Å²) in [5, 5.41) is 10.5. The van der Waals surface area contributed by atoms with Gasteiger partial charge < -0.3 is 5.21 Å². The minimum absolute atomic E-state index is 0.111. The molecular formula is C12H13NO3. The molecule has 0 spiro atoms. The van der Waals surface area contributed by atoms with Crippen molar-refractivity contribution in [2.75, 3.05) is 6.54 Å². The summed E-state index contributed by atoms with van der Waals surface area (Å²) < 4.78 is 0. The van der Waals surface area contributed by atoms with Crippen molar-refractivity contribution in [2.24, 2.45) is 0 Å². The smallest absolute Gasteiger partial charge is 0.214 e. The molecule has 16 heavy (non-hydrogen) atoms. The van der Waals surface area contributed by atoms with Crippen molar-refractivity contribution in [2.45, 2.75) is 18.4 Å². The highest BCUT2D eigenvalue weighted by molar-refractivity contribution is 6.27. The molecule has 4 heteroatoms. The molecule has 2 atom stereocenters. The van der Waals surface area contributed by atoms with Crippen LogP contribution in [0.1, 0.15) is 17.9 Å². The molecule has 0 saturated carbocycles. The van der Waals surface area contributed by atoms with Crippen LogP contribution in [0.4, 0.5) is 0 Å². The van der Waals surface area contributed by atoms with Crippen molar-refractivity contribution in [3.8, 4) is 0 Å². The van der Waals surface area contributed by atoms with Crippen LogP contribution in [0.5, 0.6) is 0 Å². The molecular weight excluding hydrogens is 206 g/mol. The summed E-state index contributed by atoms with van der Waals surface area (Å²) >= 11 is 0. The standard InChI is InChI=1S/C12H13NO3/c14-8-12(15)11-6-10(7-13(11)16)9-4-2-1-3-5-9/h1-5,8,10-11,16H,6-7H2. The van der Waals surface area contributed by atoms with E-state index in [1.165, 1.54) is 0 Å². The Kier molecular flexibility index (Phi) is 3.12. The van der Waals surface area contributed by atoms with E-state index in [4.69, 9.17) is 0 Å². The van der Waals surface area contributed by atoms with Gasteiger partial charge in [0.15, 0.2) is 6.29 Å². The average molecular weight is 219 g/mol. The Balaban J connectivity index is 2.12. The van der Waals surface area contributed by atoms with Gasteiger partial charge in [0.2, 0.25) is 5.78 Å². The monoisotopic (exact) mass is 219 g/mol. The molecule has 1 saturated heterocycles. The molecule has 2 unspecified atom stereocenters. The minimum atomic E-state index is -0.678. The van der Waals surface area contributed by atoms with E-state index >= 15 is 0 Å². The maximum atomic E-state index is 11.2. The van der Waals surface area contributed by atoms with Gasteiger partial charge in [0.05, 0.1) is 0 Å². The molecule has 1 fully saturated rings. The van der Waals surface area contributed by atoms with Crippen molar-refractivity contribution in [1.29, 1.82) is 0 Å². The van der Waals surface area contributed by atoms with Gasteiger partial charge >= 0.3 is 0 Å². The molecule has 0 aromatic heterocycles. The molecule has 1 aliphatic heterocycles. The first-order valence-corrected chi connectivity index (χ1v) is 5.22. The van der Waals surface area contributed by atoms with Gasteiger partial charge in [-0.15, -0.1) is 0 Å². The van der Waals surface area contributed by atoms with Crippen LogP contribution in [-0.4, -0.2) is 34.9 Å². The predicted octanol–water partition coefficient (Wildman–Crippen LogP) is 1.00. The lowest BCUT2D eigenvalue weighted by molar-refractivity contribution is -0.147. The van der Waals surface area contributed by atoms with E-state index in [1.54, 1.807) is 0 Å². The zero-order valence-corrected chi connectivity index (χ0v) is 8.74. The van der Waals surface area contributed by atoms with E-state index in [0.29, 0.717) is 13.0 Å². The summed E-state index contributed by atoms with van der Waals surface area (Å²) in [4.78, 5) is 21.6. The topological polar surface area (TPSA) is 57.6 Å². The first kappa shape index (κ1) is 11.0. The Morgan fingerprint density at radius 1 is 1.38 bits per heavy atom. The highest BCUT2D eigenvalue weighted by atomic mass is 16.5. The number of rotatable bonds is 3. The Labute approximate surface area is 93.4 Å². The number of hydrogen-bond donors (Lipinski definition) is 1. The molecule has 2 rings (SSSR count). The van der Waals surface area contributed by atoms with Crippen molar-refractivity contribution in [1.82, 2.24) is 5.06 Å². The summed E-state index contributed by atoms with van der Waals surface area (Å²) in [6.07, 6.45) is 0.777. The molecule has 1 N–H and O–H groups in total. The number of hydroxylamine groups is 2. The molecule has 0 bridgehead atoms. The fourth-order valence-corrected chi connectivity index (χ4v) is 2.13. The van der Waals surface area contributed by atoms with E-state index in [9.17, 15) is 14.8 Å². The van der Waals surface area contributed by atoms with E-state index in [2.05, 4.69) is 0 Å². The van der Waals surface area contributed by atoms with Crippen molar-refractivity contribution in [3.63, 3.8) is 0 Å². The predicted molar refractivity (Wildman–Crippen MR) is 57.2 cm³/mol. The molecule has 1 aromatic carbocycles. The zero-order valence-electron chi connectivity index (χ0n) is 8.74. The maximum Gasteiger partial charge on any atom is 0.214 e. The molecule has 4 nitrogen and oxygen atoms in total. The van der Waals surface area contributed by atoms with Gasteiger partial charge in [-0.25, -0.2) is 0 Å². The number of carbonyl (C=O) groups excluding carboxylic acids is 2. The van der Waals surface area contributed by atoms with E-state index in [-0.39, 0.29) is 12.2 Å². The summed E-state index contributed by atoms with van der Waals surface area (Å²) in [6.45, 7) is 0.397. The van der Waals surface area contributed by atoms with E-state index in [1.807, 2.05) is 30.3 Å². The maximum absolute atomic E-state index is 11.2. The zero-order chi connectivity index (χ0) is 11.5. The van der Waals surface area contributed by atoms with Crippen LogP contribution >= 0.6 is 0 Å². The lowest BCUT2D eigenvalue weighted by Crippen LogP contribution is -2.33. The summed E-state index contributed by atoms with van der Waals surface area (Å²) in [5.41, 5.74) is 1.09. The van der Waals surface area contributed by atoms with Crippen molar-refractivity contribution >= 4 is 12.1 Å². The van der Waals surface area contributed by atoms with Crippen molar-refractivity contribution < 1.29 is 14.8 Å². The molecule has 1 heterocycles. The Morgan fingerprint density at radius 3 is 2.69 bits per heavy atom. The Hall–Kier alpha value is -1.52. The summed E-state index contributed by atoms with van der Waals surface area (Å²) in [7, 11) is 0. The quantitative estimate of drug-likeness (QED) is 0.608. The Morgan fingerprint density at radius 2 is 2.06 bits per heavy atom. The first-order chi connectivity index (χ1) is 7.72. The van der Waals surface area contributed by atoms with Gasteiger partial charge in [0.1, 0.15) is 6.04 Å². The van der Waals surface area contributed by atoms with E-state index < -0.39 is 11.8 Å². The van der Waals surface area contributed by atoms with Gasteiger partial charge in [0.25, 0.3) is 0 Å². The fraction of sp³-hybridized carbons (Fsp3) is 0.333. The highest BCUT2D eigenvalue weighted by Gasteiger charge is 2.36. The van der Waals surface area contributed by atoms with E-state index in [0.717, 1.165) is 10.6 Å². The van der Waals surface area contributed by atoms with Gasteiger partial charge in [-0.2, -0.15) is 5.06 Å². The molecule has 1 aromatic rings. The molecule has 0 radical (unpaired) electrons. The fourth-order valence-electron chi connectivity index (χ4n) is 2.13. The lowest BCUT2D eigenvalue weighted by Gasteiger charge is -2.11. The van der Waals surface area contributed by atoms with Crippen LogP contribution < -0.4 is 0 Å². The number of hydrogen-bond acceptors (Lipinski definition) is 4. The summed E-state index contributed by atoms with van der Waals surface area (Å²) in [6, 6.07) is 9.02. The molecule has 0 aliphatic carbocycles. The SMILES string of the molecule is O=CC(=O)C1CC(c2ccccc2)CN1O. The second kappa shape index (κ2) is 4.55. The second-order valence-corrected chi connectivity index (χ2v) is 4.00. The average Bonchev–Trinajstić information content (AvgIpc) is 2.71. The van der Waals surface area contributed by atoms with Crippen LogP contribution in [0, 0.1) is 0 Å². The third-order valence-corrected chi connectivity index (χ3v) is 2.99. The van der Waals surface area contributed by atoms with Crippen molar-refractivity contribution in [3.05, 3.63) is 35.9 Å². The molecule has 84 valence electrons. The Bertz CT molecular complexity index is 391. The van der Waals surface area contributed by atoms with Gasteiger partial charge in [0, 0.05) is 12.5 Å². The van der Waals surface area contributed by atoms with Crippen LogP contribution in [0.25, 0.3) is 0 Å². The number of ketones is 1. The molecule has 1 aliphatic rings. The van der Waals surface area contributed by atoms with Crippen LogP contribution in [0.15, 0.2) is 30.3 Å². The minimum Gasteiger partial charge on any atom is -0.313 e. The normalized spacial score (nSPS) is 25.6. The second-order valence-electron chi connectivity index (χ2n) is 4.00. The number of nitrogens with zero attached hydrogens (tertiary/aromatic N) is 1. The first-order valence-electron chi connectivity index (χ1n) is 5.22. The number of Topliss-reactive ketones (excluding diaryl/α,β-unsaturated/α-hetero) is 1. The van der Waals surface area contributed by atoms with Crippen LogP contribution in [0.3, 0.4) is 0 Å². The summed E-state index contributed by atoms with van der Waals surface area (Å²) in [5.74, 6) is -0.443. The third kappa shape index (κ3) is 2.03. The number of aldehydes is 1. The van der Waals surface area contributed by atoms with Crippen LogP contribution in [0.2, 0.25) is 0 Å².